The van der Waals surface area contributed by atoms with E-state index in [1.165, 1.54) is 161 Å². The van der Waals surface area contributed by atoms with Gasteiger partial charge in [0.05, 0.1) is 0 Å². The molecule has 0 atom stereocenters. The molecule has 107 heavy (non-hydrogen) atoms. The van der Waals surface area contributed by atoms with Crippen LogP contribution in [0.15, 0.2) is 443 Å². The molecule has 0 aromatic heterocycles. The van der Waals surface area contributed by atoms with Crippen LogP contribution in [0, 0.1) is 34.6 Å². The van der Waals surface area contributed by atoms with Crippen LogP contribution in [-0.4, -0.2) is 0 Å². The predicted molar refractivity (Wildman–Crippen MR) is 461 cm³/mol. The summed E-state index contributed by atoms with van der Waals surface area (Å²) in [5.74, 6) is 0. The van der Waals surface area contributed by atoms with Gasteiger partial charge in [0.25, 0.3) is 0 Å². The molecule has 0 fully saturated rings. The first-order chi connectivity index (χ1) is 52.6. The van der Waals surface area contributed by atoms with E-state index in [0.29, 0.717) is 0 Å². The number of hydrogen-bond acceptors (Lipinski definition) is 0. The van der Waals surface area contributed by atoms with Crippen LogP contribution in [-0.2, 0) is 0 Å². The summed E-state index contributed by atoms with van der Waals surface area (Å²) in [6.07, 6.45) is 0. The molecule has 0 aliphatic rings. The summed E-state index contributed by atoms with van der Waals surface area (Å²) in [6, 6.07) is 157. The highest BCUT2D eigenvalue weighted by atomic mass is 14.2. The second-order valence-corrected chi connectivity index (χ2v) is 27.1. The van der Waals surface area contributed by atoms with Gasteiger partial charge in [-0.25, -0.2) is 0 Å². The van der Waals surface area contributed by atoms with Gasteiger partial charge in [0.15, 0.2) is 0 Å². The first-order valence-electron chi connectivity index (χ1n) is 36.9. The zero-order chi connectivity index (χ0) is 73.4. The Balaban J connectivity index is 0.000000119. The second-order valence-electron chi connectivity index (χ2n) is 27.1. The Kier molecular flexibility index (Phi) is 24.4. The summed E-state index contributed by atoms with van der Waals surface area (Å²) >= 11 is 0. The van der Waals surface area contributed by atoms with Gasteiger partial charge < -0.3 is 0 Å². The van der Waals surface area contributed by atoms with Crippen LogP contribution in [0.4, 0.5) is 0 Å². The van der Waals surface area contributed by atoms with E-state index in [9.17, 15) is 0 Å². The smallest absolute Gasteiger partial charge is 0.00992 e. The van der Waals surface area contributed by atoms with Gasteiger partial charge in [-0.1, -0.05) is 441 Å². The first-order valence-corrected chi connectivity index (χ1v) is 36.9. The monoisotopic (exact) mass is 1370 g/mol. The minimum Gasteiger partial charge on any atom is -0.0622 e. The average Bonchev–Trinajstić information content (AvgIpc) is 0.798. The molecular formula is C107H88. The van der Waals surface area contributed by atoms with Crippen molar-refractivity contribution in [1.82, 2.24) is 0 Å². The maximum Gasteiger partial charge on any atom is -0.00992 e. The molecule has 0 saturated carbocycles. The number of rotatable bonds is 12. The van der Waals surface area contributed by atoms with Gasteiger partial charge in [0.1, 0.15) is 0 Å². The molecule has 0 unspecified atom stereocenters. The quantitative estimate of drug-likeness (QED) is 0.114. The average molecular weight is 1370 g/mol. The van der Waals surface area contributed by atoms with Crippen LogP contribution in [0.25, 0.3) is 134 Å². The second kappa shape index (κ2) is 36.2. The third-order valence-corrected chi connectivity index (χ3v) is 19.2. The molecule has 0 amide bonds. The minimum absolute atomic E-state index is 1.25. The normalized spacial score (nSPS) is 10.5. The van der Waals surface area contributed by atoms with Crippen LogP contribution in [0.5, 0.6) is 0 Å². The zero-order valence-electron chi connectivity index (χ0n) is 61.6. The van der Waals surface area contributed by atoms with Crippen LogP contribution in [0.1, 0.15) is 27.8 Å². The first kappa shape index (κ1) is 72.1. The Morgan fingerprint density at radius 1 is 0.103 bits per heavy atom. The number of benzene rings is 17. The third kappa shape index (κ3) is 19.1. The van der Waals surface area contributed by atoms with E-state index in [-0.39, 0.29) is 0 Å². The summed E-state index contributed by atoms with van der Waals surface area (Å²) in [6.45, 7) is 10.7. The van der Waals surface area contributed by atoms with Crippen LogP contribution in [0.3, 0.4) is 0 Å². The molecule has 17 aromatic rings. The maximum absolute atomic E-state index is 2.28. The van der Waals surface area contributed by atoms with Gasteiger partial charge in [-0.05, 0) is 197 Å². The van der Waals surface area contributed by atoms with Crippen molar-refractivity contribution in [3.63, 3.8) is 0 Å². The van der Waals surface area contributed by atoms with Crippen molar-refractivity contribution in [3.8, 4) is 134 Å². The Morgan fingerprint density at radius 3 is 0.738 bits per heavy atom. The molecule has 516 valence electrons. The molecule has 0 N–H and O–H groups in total. The largest absolute Gasteiger partial charge is 0.0622 e. The molecule has 17 rings (SSSR count). The maximum atomic E-state index is 2.28. The molecule has 0 spiro atoms. The lowest BCUT2D eigenvalue weighted by Gasteiger charge is -2.15. The van der Waals surface area contributed by atoms with E-state index < -0.39 is 0 Å². The van der Waals surface area contributed by atoms with Crippen LogP contribution < -0.4 is 0 Å². The van der Waals surface area contributed by atoms with Crippen LogP contribution >= 0.6 is 0 Å². The van der Waals surface area contributed by atoms with E-state index in [2.05, 4.69) is 477 Å². The highest BCUT2D eigenvalue weighted by Gasteiger charge is 2.14. The predicted octanol–water partition coefficient (Wildman–Crippen LogP) is 30.0. The Hall–Kier alpha value is -13.3. The molecule has 0 aliphatic carbocycles. The Morgan fingerprint density at radius 2 is 0.346 bits per heavy atom. The molecule has 0 radical (unpaired) electrons. The van der Waals surface area contributed by atoms with E-state index in [1.54, 1.807) is 0 Å². The molecule has 0 bridgehead atoms. The van der Waals surface area contributed by atoms with Gasteiger partial charge in [-0.15, -0.1) is 0 Å². The summed E-state index contributed by atoms with van der Waals surface area (Å²) in [4.78, 5) is 0. The number of hydrogen-bond donors (Lipinski definition) is 0. The molecule has 17 aromatic carbocycles. The molecule has 0 heteroatoms. The molecule has 0 saturated heterocycles. The van der Waals surface area contributed by atoms with E-state index in [0.717, 1.165) is 0 Å². The molecule has 0 heterocycles. The van der Waals surface area contributed by atoms with Crippen molar-refractivity contribution in [2.75, 3.05) is 0 Å². The lowest BCUT2D eigenvalue weighted by atomic mass is 9.89. The minimum atomic E-state index is 1.25. The van der Waals surface area contributed by atoms with Crippen molar-refractivity contribution >= 4 is 0 Å². The Bertz CT molecular complexity index is 5570. The molecular weight excluding hydrogens is 1290 g/mol. The van der Waals surface area contributed by atoms with E-state index >= 15 is 0 Å². The lowest BCUT2D eigenvalue weighted by molar-refractivity contribution is 1.45. The summed E-state index contributed by atoms with van der Waals surface area (Å²) < 4.78 is 0. The lowest BCUT2D eigenvalue weighted by Crippen LogP contribution is -1.89. The van der Waals surface area contributed by atoms with Crippen molar-refractivity contribution in [2.24, 2.45) is 0 Å². The third-order valence-electron chi connectivity index (χ3n) is 19.2. The van der Waals surface area contributed by atoms with Gasteiger partial charge in [-0.2, -0.15) is 0 Å². The fourth-order valence-electron chi connectivity index (χ4n) is 13.8. The fourth-order valence-corrected chi connectivity index (χ4v) is 13.8. The highest BCUT2D eigenvalue weighted by molar-refractivity contribution is 5.92. The zero-order valence-corrected chi connectivity index (χ0v) is 61.6. The van der Waals surface area contributed by atoms with Crippen LogP contribution in [0.2, 0.25) is 0 Å². The standard InChI is InChI=1S/2C25H20.3C19H16/c1-19-10-9-13-21(18-19)23-15-6-8-17-25(23)24-16-7-5-14-22(24)20-11-3-2-4-12-20;1-19-9-7-13-22(17-19)24-15-5-6-16-25(24)23-14-8-12-21(18-23)20-10-3-2-4-11-20;1-15-12-18(16-8-4-2-5-9-16)14-19(13-15)17-10-6-3-7-11-17;1-15-12-13-18(16-8-4-2-5-9-16)14-19(15)17-10-6-3-7-11-17;1-15-12-13-18(16-8-4-2-5-9-16)19(14-15)17-10-6-3-7-11-17/h2*2-18H,1H3;3*2-14H,1H3. The van der Waals surface area contributed by atoms with Crippen molar-refractivity contribution in [1.29, 1.82) is 0 Å². The van der Waals surface area contributed by atoms with Crippen molar-refractivity contribution in [2.45, 2.75) is 34.6 Å². The summed E-state index contributed by atoms with van der Waals surface area (Å²) in [5, 5.41) is 0. The van der Waals surface area contributed by atoms with Crippen molar-refractivity contribution < 1.29 is 0 Å². The van der Waals surface area contributed by atoms with Gasteiger partial charge >= 0.3 is 0 Å². The topological polar surface area (TPSA) is 0 Å². The molecule has 0 nitrogen and oxygen atoms in total. The fraction of sp³-hybridized carbons (Fsp3) is 0.0467. The number of aryl methyl sites for hydroxylation is 5. The summed E-state index contributed by atoms with van der Waals surface area (Å²) in [5.41, 5.74) is 36.9. The molecule has 0 aliphatic heterocycles. The van der Waals surface area contributed by atoms with E-state index in [1.807, 2.05) is 0 Å². The van der Waals surface area contributed by atoms with Gasteiger partial charge in [0.2, 0.25) is 0 Å². The highest BCUT2D eigenvalue weighted by Crippen LogP contribution is 2.40. The summed E-state index contributed by atoms with van der Waals surface area (Å²) in [7, 11) is 0. The van der Waals surface area contributed by atoms with Gasteiger partial charge in [-0.3, -0.25) is 0 Å². The van der Waals surface area contributed by atoms with E-state index in [4.69, 9.17) is 0 Å². The van der Waals surface area contributed by atoms with Crippen molar-refractivity contribution in [3.05, 3.63) is 471 Å². The van der Waals surface area contributed by atoms with Gasteiger partial charge in [0, 0.05) is 0 Å². The SMILES string of the molecule is Cc1cc(-c2ccccc2)cc(-c2ccccc2)c1.Cc1ccc(-c2ccccc2)c(-c2ccccc2)c1.Cc1ccc(-c2ccccc2)cc1-c1ccccc1.Cc1cccc(-c2ccccc2-c2cccc(-c3ccccc3)c2)c1.Cc1cccc(-c2ccccc2-c2ccccc2-c2ccccc2)c1. The Labute approximate surface area is 634 Å².